The average molecular weight is 567 g/mol. The lowest BCUT2D eigenvalue weighted by atomic mass is 9.91. The van der Waals surface area contributed by atoms with Crippen LogP contribution in [0.4, 0.5) is 20.3 Å². The Balaban J connectivity index is 1.75. The fraction of sp³-hybridized carbons (Fsp3) is 0.346. The molecule has 0 spiro atoms. The van der Waals surface area contributed by atoms with Crippen LogP contribution in [-0.4, -0.2) is 39.7 Å². The van der Waals surface area contributed by atoms with E-state index in [2.05, 4.69) is 10.3 Å². The molecule has 1 heterocycles. The van der Waals surface area contributed by atoms with E-state index in [9.17, 15) is 12.8 Å². The van der Waals surface area contributed by atoms with Gasteiger partial charge in [-0.3, -0.25) is 0 Å². The number of ether oxygens (including phenoxy) is 2. The fourth-order valence-corrected chi connectivity index (χ4v) is 6.21. The summed E-state index contributed by atoms with van der Waals surface area (Å²) in [5, 5.41) is 3.17. The van der Waals surface area contributed by atoms with Crippen molar-refractivity contribution in [3.63, 3.8) is 0 Å². The minimum Gasteiger partial charge on any atom is -0.497 e. The zero-order valence-electron chi connectivity index (χ0n) is 21.0. The van der Waals surface area contributed by atoms with E-state index in [4.69, 9.17) is 26.8 Å². The normalized spacial score (nSPS) is 17.6. The van der Waals surface area contributed by atoms with Crippen molar-refractivity contribution >= 4 is 33.1 Å². The summed E-state index contributed by atoms with van der Waals surface area (Å²) in [7, 11) is -1.72. The monoisotopic (exact) mass is 566 g/mol. The summed E-state index contributed by atoms with van der Waals surface area (Å²) in [6, 6.07) is 10.4. The third kappa shape index (κ3) is 5.95. The number of hydrogen-bond donors (Lipinski definition) is 2. The molecule has 2 atom stereocenters. The maximum atomic E-state index is 15.4. The van der Waals surface area contributed by atoms with E-state index in [1.165, 1.54) is 26.4 Å². The van der Waals surface area contributed by atoms with Crippen LogP contribution < -0.4 is 24.8 Å². The number of aromatic nitrogens is 1. The van der Waals surface area contributed by atoms with Crippen LogP contribution in [-0.2, 0) is 16.6 Å². The molecular formula is C26H29ClF2N4O4S. The minimum absolute atomic E-state index is 0.0110. The van der Waals surface area contributed by atoms with Gasteiger partial charge >= 0.3 is 0 Å². The van der Waals surface area contributed by atoms with E-state index >= 15 is 4.39 Å². The molecule has 0 saturated heterocycles. The first-order valence-electron chi connectivity index (χ1n) is 12.0. The Kier molecular flexibility index (Phi) is 8.59. The second-order valence-corrected chi connectivity index (χ2v) is 11.2. The first-order chi connectivity index (χ1) is 18.1. The molecule has 0 amide bonds. The van der Waals surface area contributed by atoms with Gasteiger partial charge in [0, 0.05) is 23.7 Å². The summed E-state index contributed by atoms with van der Waals surface area (Å²) in [5.74, 6) is -1.35. The Morgan fingerprint density at radius 3 is 2.55 bits per heavy atom. The zero-order valence-corrected chi connectivity index (χ0v) is 22.5. The van der Waals surface area contributed by atoms with E-state index in [0.717, 1.165) is 48.2 Å². The van der Waals surface area contributed by atoms with Crippen LogP contribution in [0.15, 0.2) is 53.4 Å². The summed E-state index contributed by atoms with van der Waals surface area (Å²) in [5.41, 5.74) is 6.85. The van der Waals surface area contributed by atoms with Crippen molar-refractivity contribution in [1.29, 1.82) is 0 Å². The van der Waals surface area contributed by atoms with Crippen LogP contribution >= 0.6 is 11.6 Å². The van der Waals surface area contributed by atoms with Crippen LogP contribution in [0.2, 0.25) is 5.02 Å². The van der Waals surface area contributed by atoms with E-state index in [0.29, 0.717) is 17.1 Å². The highest BCUT2D eigenvalue weighted by atomic mass is 35.5. The average Bonchev–Trinajstić information content (AvgIpc) is 2.90. The predicted molar refractivity (Wildman–Crippen MR) is 142 cm³/mol. The lowest BCUT2D eigenvalue weighted by molar-refractivity contribution is 0.391. The third-order valence-corrected chi connectivity index (χ3v) is 8.59. The molecule has 0 unspecified atom stereocenters. The molecule has 3 aromatic rings. The second kappa shape index (κ2) is 11.7. The van der Waals surface area contributed by atoms with Gasteiger partial charge in [0.25, 0.3) is 10.0 Å². The number of halogens is 3. The first kappa shape index (κ1) is 27.9. The number of nitrogens with zero attached hydrogens (tertiary/aromatic N) is 2. The Bertz CT molecular complexity index is 1410. The molecular weight excluding hydrogens is 538 g/mol. The first-order valence-corrected chi connectivity index (χ1v) is 13.8. The number of hydrogen-bond acceptors (Lipinski definition) is 7. The van der Waals surface area contributed by atoms with Crippen LogP contribution in [0.1, 0.15) is 31.2 Å². The summed E-state index contributed by atoms with van der Waals surface area (Å²) in [6.07, 6.45) is 3.61. The van der Waals surface area contributed by atoms with Crippen molar-refractivity contribution in [1.82, 2.24) is 4.98 Å². The molecule has 0 aliphatic heterocycles. The van der Waals surface area contributed by atoms with E-state index < -0.39 is 26.7 Å². The number of anilines is 2. The maximum absolute atomic E-state index is 15.4. The van der Waals surface area contributed by atoms with Gasteiger partial charge in [-0.05, 0) is 49.2 Å². The number of rotatable bonds is 9. The molecule has 2 aromatic carbocycles. The SMILES string of the molecule is COc1ccc(CN(c2cccc(F)n2)S(=O)(=O)c2cc(Cl)c(N[C@H]3CCCC[C@@H]3N)cc2F)c(OC)c1. The van der Waals surface area contributed by atoms with Crippen molar-refractivity contribution in [2.45, 2.75) is 49.2 Å². The quantitative estimate of drug-likeness (QED) is 0.347. The van der Waals surface area contributed by atoms with Gasteiger partial charge in [0.1, 0.15) is 28.0 Å². The second-order valence-electron chi connectivity index (χ2n) is 8.97. The lowest BCUT2D eigenvalue weighted by Crippen LogP contribution is -2.42. The molecule has 0 radical (unpaired) electrons. The maximum Gasteiger partial charge on any atom is 0.268 e. The molecule has 0 bridgehead atoms. The van der Waals surface area contributed by atoms with Gasteiger partial charge < -0.3 is 20.5 Å². The van der Waals surface area contributed by atoms with Crippen molar-refractivity contribution in [2.24, 2.45) is 5.73 Å². The van der Waals surface area contributed by atoms with Gasteiger partial charge in [-0.1, -0.05) is 30.5 Å². The highest BCUT2D eigenvalue weighted by Crippen LogP contribution is 2.35. The summed E-state index contributed by atoms with van der Waals surface area (Å²) < 4.78 is 68.6. The molecule has 12 heteroatoms. The van der Waals surface area contributed by atoms with Gasteiger partial charge in [0.2, 0.25) is 5.95 Å². The number of pyridine rings is 1. The number of nitrogens with one attached hydrogen (secondary N) is 1. The van der Waals surface area contributed by atoms with E-state index in [-0.39, 0.29) is 35.2 Å². The van der Waals surface area contributed by atoms with Crippen LogP contribution in [0.25, 0.3) is 0 Å². The van der Waals surface area contributed by atoms with Gasteiger partial charge in [-0.2, -0.15) is 4.39 Å². The van der Waals surface area contributed by atoms with Crippen molar-refractivity contribution in [2.75, 3.05) is 23.8 Å². The van der Waals surface area contributed by atoms with Crippen molar-refractivity contribution in [3.05, 3.63) is 70.9 Å². The zero-order chi connectivity index (χ0) is 27.4. The molecule has 1 aliphatic rings. The van der Waals surface area contributed by atoms with Gasteiger partial charge in [0.05, 0.1) is 31.5 Å². The molecule has 4 rings (SSSR count). The standard InChI is InChI=1S/C26H29ClF2N4O4S/c1-36-17-11-10-16(23(12-17)37-2)15-33(26-9-5-8-25(29)32-26)38(34,35)24-13-18(27)22(14-19(24)28)31-21-7-4-3-6-20(21)30/h5,8-14,20-21,31H,3-4,6-7,15,30H2,1-2H3/t20-,21-/m0/s1. The van der Waals surface area contributed by atoms with Crippen LogP contribution in [0.5, 0.6) is 11.5 Å². The highest BCUT2D eigenvalue weighted by Gasteiger charge is 2.32. The fourth-order valence-electron chi connectivity index (χ4n) is 4.46. The molecule has 38 heavy (non-hydrogen) atoms. The largest absolute Gasteiger partial charge is 0.497 e. The van der Waals surface area contributed by atoms with Crippen molar-refractivity contribution in [3.8, 4) is 11.5 Å². The molecule has 8 nitrogen and oxygen atoms in total. The number of benzene rings is 2. The number of nitrogens with two attached hydrogens (primary N) is 1. The van der Waals surface area contributed by atoms with Crippen LogP contribution in [0, 0.1) is 11.8 Å². The molecule has 1 fully saturated rings. The predicted octanol–water partition coefficient (Wildman–Crippen LogP) is 5.11. The Morgan fingerprint density at radius 1 is 1.11 bits per heavy atom. The van der Waals surface area contributed by atoms with Gasteiger partial charge in [0.15, 0.2) is 0 Å². The number of methoxy groups -OCH3 is 2. The van der Waals surface area contributed by atoms with Crippen molar-refractivity contribution < 1.29 is 26.7 Å². The topological polar surface area (TPSA) is 107 Å². The lowest BCUT2D eigenvalue weighted by Gasteiger charge is -2.30. The third-order valence-electron chi connectivity index (χ3n) is 6.51. The van der Waals surface area contributed by atoms with E-state index in [1.807, 2.05) is 0 Å². The Labute approximate surface area is 225 Å². The van der Waals surface area contributed by atoms with Crippen LogP contribution in [0.3, 0.4) is 0 Å². The van der Waals surface area contributed by atoms with Gasteiger partial charge in [-0.15, -0.1) is 0 Å². The number of sulfonamides is 1. The molecule has 1 aliphatic carbocycles. The molecule has 1 aromatic heterocycles. The highest BCUT2D eigenvalue weighted by molar-refractivity contribution is 7.92. The Morgan fingerprint density at radius 2 is 1.87 bits per heavy atom. The minimum atomic E-state index is -4.62. The molecule has 1 saturated carbocycles. The smallest absolute Gasteiger partial charge is 0.268 e. The Hall–Kier alpha value is -3.15. The summed E-state index contributed by atoms with van der Waals surface area (Å²) >= 11 is 6.43. The summed E-state index contributed by atoms with van der Waals surface area (Å²) in [4.78, 5) is 3.06. The van der Waals surface area contributed by atoms with Gasteiger partial charge in [-0.25, -0.2) is 22.1 Å². The molecule has 3 N–H and O–H groups in total. The molecule has 204 valence electrons. The van der Waals surface area contributed by atoms with E-state index in [1.54, 1.807) is 18.2 Å². The summed E-state index contributed by atoms with van der Waals surface area (Å²) in [6.45, 7) is -0.333.